The normalized spacial score (nSPS) is 11.9. The minimum atomic E-state index is -0.597. The van der Waals surface area contributed by atoms with E-state index in [4.69, 9.17) is 16.9 Å². The van der Waals surface area contributed by atoms with Gasteiger partial charge in [0.1, 0.15) is 6.07 Å². The van der Waals surface area contributed by atoms with E-state index in [0.717, 1.165) is 3.57 Å². The van der Waals surface area contributed by atoms with E-state index in [9.17, 15) is 4.79 Å². The molecule has 1 atom stereocenters. The highest BCUT2D eigenvalue weighted by Crippen LogP contribution is 2.18. The maximum Gasteiger partial charge on any atom is 0.181 e. The van der Waals surface area contributed by atoms with E-state index >= 15 is 0 Å². The Morgan fingerprint density at radius 3 is 2.79 bits per heavy atom. The second kappa shape index (κ2) is 4.76. The fourth-order valence-electron chi connectivity index (χ4n) is 1.06. The molecule has 0 aliphatic carbocycles. The summed E-state index contributed by atoms with van der Waals surface area (Å²) in [6, 6.07) is 7.17. The lowest BCUT2D eigenvalue weighted by Crippen LogP contribution is -2.12. The molecule has 0 radical (unpaired) electrons. The van der Waals surface area contributed by atoms with Crippen LogP contribution in [0.3, 0.4) is 0 Å². The van der Waals surface area contributed by atoms with Gasteiger partial charge in [-0.3, -0.25) is 4.79 Å². The third-order valence-corrected chi connectivity index (χ3v) is 2.85. The minimum absolute atomic E-state index is 0.207. The first-order valence-electron chi connectivity index (χ1n) is 3.94. The third-order valence-electron chi connectivity index (χ3n) is 1.75. The number of nitrogens with zero attached hydrogens (tertiary/aromatic N) is 1. The SMILES string of the molecule is CC(Cl)C(=O)c1cccc(I)c1C#N. The average molecular weight is 320 g/mol. The number of rotatable bonds is 2. The number of hydrogen-bond donors (Lipinski definition) is 0. The number of alkyl halides is 1. The van der Waals surface area contributed by atoms with Crippen molar-refractivity contribution < 1.29 is 4.79 Å². The van der Waals surface area contributed by atoms with Gasteiger partial charge in [-0.15, -0.1) is 11.6 Å². The summed E-state index contributed by atoms with van der Waals surface area (Å²) in [6.45, 7) is 1.60. The maximum atomic E-state index is 11.6. The molecule has 0 amide bonds. The van der Waals surface area contributed by atoms with E-state index in [0.29, 0.717) is 11.1 Å². The number of hydrogen-bond acceptors (Lipinski definition) is 2. The standard InChI is InChI=1S/C10H7ClINO/c1-6(11)10(14)7-3-2-4-9(12)8(7)5-13/h2-4,6H,1H3. The van der Waals surface area contributed by atoms with Crippen LogP contribution in [0, 0.1) is 14.9 Å². The Bertz CT molecular complexity index is 409. The smallest absolute Gasteiger partial charge is 0.181 e. The zero-order valence-electron chi connectivity index (χ0n) is 7.42. The number of nitriles is 1. The molecule has 0 saturated heterocycles. The molecule has 0 aliphatic heterocycles. The van der Waals surface area contributed by atoms with Crippen molar-refractivity contribution in [2.45, 2.75) is 12.3 Å². The van der Waals surface area contributed by atoms with Gasteiger partial charge in [0, 0.05) is 9.13 Å². The Morgan fingerprint density at radius 1 is 1.64 bits per heavy atom. The highest BCUT2D eigenvalue weighted by Gasteiger charge is 2.17. The lowest BCUT2D eigenvalue weighted by atomic mass is 10.0. The van der Waals surface area contributed by atoms with Crippen molar-refractivity contribution in [3.05, 3.63) is 32.9 Å². The van der Waals surface area contributed by atoms with Crippen LogP contribution < -0.4 is 0 Å². The van der Waals surface area contributed by atoms with Gasteiger partial charge in [-0.25, -0.2) is 0 Å². The second-order valence-corrected chi connectivity index (χ2v) is 4.57. The first-order valence-corrected chi connectivity index (χ1v) is 5.46. The van der Waals surface area contributed by atoms with Gasteiger partial charge in [-0.1, -0.05) is 6.07 Å². The predicted molar refractivity (Wildman–Crippen MR) is 63.5 cm³/mol. The van der Waals surface area contributed by atoms with Crippen molar-refractivity contribution in [3.8, 4) is 6.07 Å². The third kappa shape index (κ3) is 2.25. The van der Waals surface area contributed by atoms with Gasteiger partial charge in [0.15, 0.2) is 5.78 Å². The number of Topliss-reactive ketones (excluding diaryl/α,β-unsaturated/α-hetero) is 1. The second-order valence-electron chi connectivity index (χ2n) is 2.75. The molecule has 0 bridgehead atoms. The lowest BCUT2D eigenvalue weighted by molar-refractivity contribution is 0.0991. The first kappa shape index (κ1) is 11.5. The molecule has 0 fully saturated rings. The highest BCUT2D eigenvalue weighted by molar-refractivity contribution is 14.1. The van der Waals surface area contributed by atoms with E-state index in [1.54, 1.807) is 25.1 Å². The Balaban J connectivity index is 3.29. The monoisotopic (exact) mass is 319 g/mol. The number of carbonyl (C=O) groups is 1. The lowest BCUT2D eigenvalue weighted by Gasteiger charge is -2.05. The summed E-state index contributed by atoms with van der Waals surface area (Å²) >= 11 is 7.71. The summed E-state index contributed by atoms with van der Waals surface area (Å²) in [4.78, 5) is 11.6. The summed E-state index contributed by atoms with van der Waals surface area (Å²) in [7, 11) is 0. The van der Waals surface area contributed by atoms with E-state index in [1.807, 2.05) is 28.7 Å². The zero-order chi connectivity index (χ0) is 10.7. The molecule has 0 saturated carbocycles. The Kier molecular flexibility index (Phi) is 3.90. The van der Waals surface area contributed by atoms with Gasteiger partial charge in [-0.05, 0) is 41.6 Å². The molecule has 0 spiro atoms. The Morgan fingerprint density at radius 2 is 2.29 bits per heavy atom. The molecular formula is C10H7ClINO. The van der Waals surface area contributed by atoms with Gasteiger partial charge < -0.3 is 0 Å². The van der Waals surface area contributed by atoms with E-state index in [2.05, 4.69) is 0 Å². The Labute approximate surface area is 101 Å². The van der Waals surface area contributed by atoms with Crippen molar-refractivity contribution >= 4 is 40.0 Å². The number of halogens is 2. The van der Waals surface area contributed by atoms with E-state index in [1.165, 1.54) is 0 Å². The summed E-state index contributed by atoms with van der Waals surface area (Å²) in [5, 5.41) is 8.28. The highest BCUT2D eigenvalue weighted by atomic mass is 127. The van der Waals surface area contributed by atoms with Crippen LogP contribution in [0.4, 0.5) is 0 Å². The van der Waals surface area contributed by atoms with Gasteiger partial charge in [0.2, 0.25) is 0 Å². The summed E-state index contributed by atoms with van der Waals surface area (Å²) in [5.74, 6) is -0.207. The van der Waals surface area contributed by atoms with Gasteiger partial charge in [0.25, 0.3) is 0 Å². The van der Waals surface area contributed by atoms with Crippen molar-refractivity contribution in [2.75, 3.05) is 0 Å². The number of carbonyl (C=O) groups excluding carboxylic acids is 1. The van der Waals surface area contributed by atoms with Gasteiger partial charge in [-0.2, -0.15) is 5.26 Å². The zero-order valence-corrected chi connectivity index (χ0v) is 10.3. The van der Waals surface area contributed by atoms with E-state index < -0.39 is 5.38 Å². The first-order chi connectivity index (χ1) is 6.57. The fourth-order valence-corrected chi connectivity index (χ4v) is 1.79. The molecule has 2 nitrogen and oxygen atoms in total. The molecule has 0 aliphatic rings. The predicted octanol–water partition coefficient (Wildman–Crippen LogP) is 2.97. The molecule has 0 heterocycles. The molecule has 1 rings (SSSR count). The van der Waals surface area contributed by atoms with Crippen LogP contribution in [0.15, 0.2) is 18.2 Å². The van der Waals surface area contributed by atoms with Crippen molar-refractivity contribution in [1.82, 2.24) is 0 Å². The van der Waals surface area contributed by atoms with Gasteiger partial charge in [0.05, 0.1) is 10.9 Å². The molecular weight excluding hydrogens is 312 g/mol. The van der Waals surface area contributed by atoms with Crippen molar-refractivity contribution in [1.29, 1.82) is 5.26 Å². The van der Waals surface area contributed by atoms with Crippen LogP contribution >= 0.6 is 34.2 Å². The Hall–Kier alpha value is -0.600. The molecule has 4 heteroatoms. The molecule has 1 unspecified atom stereocenters. The van der Waals surface area contributed by atoms with Crippen molar-refractivity contribution in [3.63, 3.8) is 0 Å². The van der Waals surface area contributed by atoms with Crippen LogP contribution in [0.25, 0.3) is 0 Å². The molecule has 0 aromatic heterocycles. The summed E-state index contributed by atoms with van der Waals surface area (Å²) < 4.78 is 0.772. The van der Waals surface area contributed by atoms with Crippen LogP contribution in [0.5, 0.6) is 0 Å². The molecule has 1 aromatic rings. The topological polar surface area (TPSA) is 40.9 Å². The average Bonchev–Trinajstić information content (AvgIpc) is 2.16. The van der Waals surface area contributed by atoms with Gasteiger partial charge >= 0.3 is 0 Å². The summed E-state index contributed by atoms with van der Waals surface area (Å²) in [5.41, 5.74) is 0.813. The number of benzene rings is 1. The molecule has 72 valence electrons. The van der Waals surface area contributed by atoms with Crippen LogP contribution in [-0.2, 0) is 0 Å². The van der Waals surface area contributed by atoms with Crippen LogP contribution in [0.1, 0.15) is 22.8 Å². The molecule has 1 aromatic carbocycles. The molecule has 14 heavy (non-hydrogen) atoms. The van der Waals surface area contributed by atoms with Crippen LogP contribution in [0.2, 0.25) is 0 Å². The molecule has 0 N–H and O–H groups in total. The fraction of sp³-hybridized carbons (Fsp3) is 0.200. The largest absolute Gasteiger partial charge is 0.292 e. The van der Waals surface area contributed by atoms with Crippen molar-refractivity contribution in [2.24, 2.45) is 0 Å². The minimum Gasteiger partial charge on any atom is -0.292 e. The quantitative estimate of drug-likeness (QED) is 0.478. The van der Waals surface area contributed by atoms with Crippen LogP contribution in [-0.4, -0.2) is 11.2 Å². The van der Waals surface area contributed by atoms with E-state index in [-0.39, 0.29) is 5.78 Å². The number of ketones is 1. The maximum absolute atomic E-state index is 11.6. The summed E-state index contributed by atoms with van der Waals surface area (Å²) in [6.07, 6.45) is 0.